The average molecular weight is 262 g/mol. The summed E-state index contributed by atoms with van der Waals surface area (Å²) in [6.45, 7) is -0.0500. The molecule has 4 nitrogen and oxygen atoms in total. The van der Waals surface area contributed by atoms with Crippen LogP contribution >= 0.6 is 0 Å². The van der Waals surface area contributed by atoms with Gasteiger partial charge in [-0.2, -0.15) is 0 Å². The van der Waals surface area contributed by atoms with Crippen LogP contribution in [0.4, 0.5) is 0 Å². The average Bonchev–Trinajstić information content (AvgIpc) is 2.45. The van der Waals surface area contributed by atoms with Gasteiger partial charge in [0.15, 0.2) is 0 Å². The standard InChI is InChI=1S/C15H18O4/c1-19-14(8-9-16)15(18)12-6-7-13(17)11-5-3-2-4-10(11)12/h2-7,14-18H,8-9H2,1H3/t14-,15-/m0/s1. The number of methoxy groups -OCH3 is 1. The lowest BCUT2D eigenvalue weighted by molar-refractivity contribution is -0.0246. The van der Waals surface area contributed by atoms with Gasteiger partial charge in [-0.15, -0.1) is 0 Å². The fourth-order valence-electron chi connectivity index (χ4n) is 2.30. The van der Waals surface area contributed by atoms with Gasteiger partial charge in [0, 0.05) is 19.1 Å². The Balaban J connectivity index is 2.47. The maximum atomic E-state index is 10.4. The normalized spacial score (nSPS) is 14.5. The van der Waals surface area contributed by atoms with Gasteiger partial charge in [0.1, 0.15) is 11.9 Å². The van der Waals surface area contributed by atoms with E-state index in [0.717, 1.165) is 5.39 Å². The van der Waals surface area contributed by atoms with Crippen LogP contribution in [-0.2, 0) is 4.74 Å². The third kappa shape index (κ3) is 2.71. The molecule has 0 aliphatic carbocycles. The Hall–Kier alpha value is -1.62. The highest BCUT2D eigenvalue weighted by atomic mass is 16.5. The molecule has 0 aromatic heterocycles. The summed E-state index contributed by atoms with van der Waals surface area (Å²) in [4.78, 5) is 0. The number of fused-ring (bicyclic) bond motifs is 1. The minimum absolute atomic E-state index is 0.0500. The van der Waals surface area contributed by atoms with Crippen LogP contribution < -0.4 is 0 Å². The lowest BCUT2D eigenvalue weighted by atomic mass is 9.95. The summed E-state index contributed by atoms with van der Waals surface area (Å²) >= 11 is 0. The van der Waals surface area contributed by atoms with E-state index in [1.54, 1.807) is 18.2 Å². The molecular weight excluding hydrogens is 244 g/mol. The number of rotatable bonds is 5. The Labute approximate surface area is 111 Å². The molecule has 0 radical (unpaired) electrons. The summed E-state index contributed by atoms with van der Waals surface area (Å²) in [6, 6.07) is 10.6. The van der Waals surface area contributed by atoms with Gasteiger partial charge in [-0.25, -0.2) is 0 Å². The van der Waals surface area contributed by atoms with Gasteiger partial charge in [0.25, 0.3) is 0 Å². The fraction of sp³-hybridized carbons (Fsp3) is 0.333. The van der Waals surface area contributed by atoms with Crippen molar-refractivity contribution in [1.82, 2.24) is 0 Å². The molecule has 0 heterocycles. The van der Waals surface area contributed by atoms with Gasteiger partial charge in [-0.05, 0) is 23.4 Å². The molecule has 102 valence electrons. The molecule has 0 spiro atoms. The summed E-state index contributed by atoms with van der Waals surface area (Å²) in [5, 5.41) is 30.7. The van der Waals surface area contributed by atoms with Crippen LogP contribution in [0.2, 0.25) is 0 Å². The third-order valence-corrected chi connectivity index (χ3v) is 3.32. The second kappa shape index (κ2) is 6.02. The van der Waals surface area contributed by atoms with Crippen LogP contribution in [0.3, 0.4) is 0 Å². The molecular formula is C15H18O4. The van der Waals surface area contributed by atoms with Crippen LogP contribution in [0.15, 0.2) is 36.4 Å². The quantitative estimate of drug-likeness (QED) is 0.770. The Morgan fingerprint density at radius 2 is 1.79 bits per heavy atom. The van der Waals surface area contributed by atoms with Gasteiger partial charge in [-0.3, -0.25) is 0 Å². The van der Waals surface area contributed by atoms with Crippen LogP contribution in [0, 0.1) is 0 Å². The van der Waals surface area contributed by atoms with Crippen molar-refractivity contribution in [3.8, 4) is 5.75 Å². The van der Waals surface area contributed by atoms with E-state index in [0.29, 0.717) is 17.4 Å². The number of aliphatic hydroxyl groups is 2. The maximum absolute atomic E-state index is 10.4. The molecule has 0 saturated carbocycles. The third-order valence-electron chi connectivity index (χ3n) is 3.32. The van der Waals surface area contributed by atoms with Crippen molar-refractivity contribution in [2.75, 3.05) is 13.7 Å². The van der Waals surface area contributed by atoms with Gasteiger partial charge >= 0.3 is 0 Å². The lowest BCUT2D eigenvalue weighted by Gasteiger charge is -2.22. The zero-order valence-electron chi connectivity index (χ0n) is 10.8. The molecule has 0 aliphatic heterocycles. The van der Waals surface area contributed by atoms with E-state index in [4.69, 9.17) is 9.84 Å². The number of benzene rings is 2. The smallest absolute Gasteiger partial charge is 0.123 e. The van der Waals surface area contributed by atoms with E-state index < -0.39 is 12.2 Å². The molecule has 0 amide bonds. The van der Waals surface area contributed by atoms with Gasteiger partial charge < -0.3 is 20.1 Å². The molecule has 2 aromatic carbocycles. The second-order valence-corrected chi connectivity index (χ2v) is 4.45. The van der Waals surface area contributed by atoms with Crippen LogP contribution in [0.1, 0.15) is 18.1 Å². The number of phenols is 1. The first-order valence-corrected chi connectivity index (χ1v) is 6.21. The monoisotopic (exact) mass is 262 g/mol. The minimum atomic E-state index is -0.845. The minimum Gasteiger partial charge on any atom is -0.507 e. The van der Waals surface area contributed by atoms with E-state index in [1.165, 1.54) is 7.11 Å². The first-order valence-electron chi connectivity index (χ1n) is 6.21. The van der Waals surface area contributed by atoms with Crippen molar-refractivity contribution < 1.29 is 20.1 Å². The summed E-state index contributed by atoms with van der Waals surface area (Å²) < 4.78 is 5.21. The summed E-state index contributed by atoms with van der Waals surface area (Å²) in [7, 11) is 1.51. The topological polar surface area (TPSA) is 69.9 Å². The van der Waals surface area contributed by atoms with E-state index >= 15 is 0 Å². The van der Waals surface area contributed by atoms with E-state index in [1.807, 2.05) is 18.2 Å². The fourth-order valence-corrected chi connectivity index (χ4v) is 2.30. The summed E-state index contributed by atoms with van der Waals surface area (Å²) in [5.74, 6) is 0.183. The number of aromatic hydroxyl groups is 1. The van der Waals surface area contributed by atoms with Gasteiger partial charge in [-0.1, -0.05) is 30.3 Å². The highest BCUT2D eigenvalue weighted by molar-refractivity contribution is 5.91. The van der Waals surface area contributed by atoms with Crippen LogP contribution in [-0.4, -0.2) is 35.1 Å². The van der Waals surface area contributed by atoms with E-state index in [-0.39, 0.29) is 12.4 Å². The van der Waals surface area contributed by atoms with E-state index in [9.17, 15) is 10.2 Å². The van der Waals surface area contributed by atoms with E-state index in [2.05, 4.69) is 0 Å². The second-order valence-electron chi connectivity index (χ2n) is 4.45. The largest absolute Gasteiger partial charge is 0.507 e. The zero-order valence-corrected chi connectivity index (χ0v) is 10.8. The highest BCUT2D eigenvalue weighted by Crippen LogP contribution is 2.33. The van der Waals surface area contributed by atoms with Crippen LogP contribution in [0.25, 0.3) is 10.8 Å². The summed E-state index contributed by atoms with van der Waals surface area (Å²) in [5.41, 5.74) is 0.689. The number of phenolic OH excluding ortho intramolecular Hbond substituents is 1. The Morgan fingerprint density at radius 1 is 1.11 bits per heavy atom. The summed E-state index contributed by atoms with van der Waals surface area (Å²) in [6.07, 6.45) is -0.965. The molecule has 0 unspecified atom stereocenters. The first-order chi connectivity index (χ1) is 9.19. The van der Waals surface area contributed by atoms with Crippen LogP contribution in [0.5, 0.6) is 5.75 Å². The number of hydrogen-bond donors (Lipinski definition) is 3. The molecule has 19 heavy (non-hydrogen) atoms. The number of ether oxygens (including phenoxy) is 1. The van der Waals surface area contributed by atoms with Crippen molar-refractivity contribution in [3.05, 3.63) is 42.0 Å². The van der Waals surface area contributed by atoms with Gasteiger partial charge in [0.2, 0.25) is 0 Å². The maximum Gasteiger partial charge on any atom is 0.123 e. The number of aliphatic hydroxyl groups excluding tert-OH is 2. The van der Waals surface area contributed by atoms with Crippen molar-refractivity contribution in [3.63, 3.8) is 0 Å². The highest BCUT2D eigenvalue weighted by Gasteiger charge is 2.22. The molecule has 4 heteroatoms. The predicted octanol–water partition coefficient (Wildman–Crippen LogP) is 1.98. The molecule has 2 atom stereocenters. The van der Waals surface area contributed by atoms with Gasteiger partial charge in [0.05, 0.1) is 6.10 Å². The molecule has 2 aromatic rings. The zero-order chi connectivity index (χ0) is 13.8. The van der Waals surface area contributed by atoms with Crippen molar-refractivity contribution in [2.45, 2.75) is 18.6 Å². The Bertz CT molecular complexity index is 553. The molecule has 0 fully saturated rings. The SMILES string of the molecule is CO[C@@H](CCO)[C@@H](O)c1ccc(O)c2ccccc12. The van der Waals surface area contributed by atoms with Crippen molar-refractivity contribution >= 4 is 10.8 Å². The molecule has 0 saturated heterocycles. The molecule has 0 bridgehead atoms. The Morgan fingerprint density at radius 3 is 2.42 bits per heavy atom. The van der Waals surface area contributed by atoms with Crippen molar-refractivity contribution in [2.24, 2.45) is 0 Å². The molecule has 2 rings (SSSR count). The first kappa shape index (κ1) is 13.8. The lowest BCUT2D eigenvalue weighted by Crippen LogP contribution is -2.22. The Kier molecular flexibility index (Phi) is 4.37. The van der Waals surface area contributed by atoms with Crippen molar-refractivity contribution in [1.29, 1.82) is 0 Å². The molecule has 0 aliphatic rings. The number of hydrogen-bond acceptors (Lipinski definition) is 4. The molecule has 3 N–H and O–H groups in total. The predicted molar refractivity (Wildman–Crippen MR) is 73.1 cm³/mol.